The van der Waals surface area contributed by atoms with Gasteiger partial charge in [0, 0.05) is 21.4 Å². The summed E-state index contributed by atoms with van der Waals surface area (Å²) in [5, 5.41) is 6.82. The molecule has 0 saturated heterocycles. The van der Waals surface area contributed by atoms with E-state index in [1.54, 1.807) is 11.3 Å². The van der Waals surface area contributed by atoms with Gasteiger partial charge in [-0.05, 0) is 17.4 Å². The third-order valence-electron chi connectivity index (χ3n) is 2.07. The normalized spacial score (nSPS) is 12.9. The third kappa shape index (κ3) is 3.24. The molecule has 0 aliphatic carbocycles. The molecule has 0 aliphatic heterocycles. The number of hydrogen-bond donors (Lipinski definition) is 1. The second kappa shape index (κ2) is 5.70. The average Bonchev–Trinajstić information content (AvgIpc) is 2.65. The maximum atomic E-state index is 11.7. The molecule has 0 bridgehead atoms. The zero-order valence-corrected chi connectivity index (χ0v) is 11.3. The van der Waals surface area contributed by atoms with E-state index in [9.17, 15) is 4.79 Å². The molecule has 0 saturated carbocycles. The first kappa shape index (κ1) is 12.0. The number of thiophene rings is 1. The molecule has 0 aromatic carbocycles. The first-order valence-corrected chi connectivity index (χ1v) is 7.01. The fourth-order valence-electron chi connectivity index (χ4n) is 1.03. The van der Waals surface area contributed by atoms with Gasteiger partial charge in [-0.15, -0.1) is 0 Å². The molecule has 1 rings (SSSR count). The van der Waals surface area contributed by atoms with Crippen LogP contribution in [0.5, 0.6) is 0 Å². The standard InChI is InChI=1S/C10H14INOS/c1-7(2)9(5-11)12-10(13)8-3-4-14-6-8/h3-4,6-7,9H,5H2,1-2H3,(H,12,13). The van der Waals surface area contributed by atoms with Crippen molar-refractivity contribution in [3.8, 4) is 0 Å². The Morgan fingerprint density at radius 2 is 2.36 bits per heavy atom. The highest BCUT2D eigenvalue weighted by Gasteiger charge is 2.15. The first-order chi connectivity index (χ1) is 6.65. The second-order valence-corrected chi connectivity index (χ2v) is 5.15. The topological polar surface area (TPSA) is 29.1 Å². The highest BCUT2D eigenvalue weighted by Crippen LogP contribution is 2.09. The van der Waals surface area contributed by atoms with Crippen molar-refractivity contribution in [2.24, 2.45) is 5.92 Å². The zero-order valence-electron chi connectivity index (χ0n) is 8.29. The van der Waals surface area contributed by atoms with Gasteiger partial charge in [-0.25, -0.2) is 0 Å². The van der Waals surface area contributed by atoms with E-state index >= 15 is 0 Å². The Labute approximate surface area is 102 Å². The summed E-state index contributed by atoms with van der Waals surface area (Å²) >= 11 is 3.85. The Kier molecular flexibility index (Phi) is 4.88. The summed E-state index contributed by atoms with van der Waals surface area (Å²) < 4.78 is 0.950. The molecular weight excluding hydrogens is 309 g/mol. The minimum Gasteiger partial charge on any atom is -0.348 e. The molecule has 0 aliphatic rings. The zero-order chi connectivity index (χ0) is 10.6. The minimum atomic E-state index is 0.0432. The van der Waals surface area contributed by atoms with E-state index in [1.165, 1.54) is 0 Å². The lowest BCUT2D eigenvalue weighted by molar-refractivity contribution is 0.0932. The van der Waals surface area contributed by atoms with Gasteiger partial charge in [0.1, 0.15) is 0 Å². The van der Waals surface area contributed by atoms with E-state index in [-0.39, 0.29) is 11.9 Å². The van der Waals surface area contributed by atoms with Crippen LogP contribution in [0.15, 0.2) is 16.8 Å². The average molecular weight is 323 g/mol. The van der Waals surface area contributed by atoms with Crippen molar-refractivity contribution in [2.75, 3.05) is 4.43 Å². The molecule has 1 N–H and O–H groups in total. The SMILES string of the molecule is CC(C)C(CI)NC(=O)c1ccsc1. The van der Waals surface area contributed by atoms with Crippen LogP contribution in [0.4, 0.5) is 0 Å². The van der Waals surface area contributed by atoms with Crippen molar-refractivity contribution in [3.05, 3.63) is 22.4 Å². The number of carbonyl (C=O) groups is 1. The fraction of sp³-hybridized carbons (Fsp3) is 0.500. The molecule has 78 valence electrons. The van der Waals surface area contributed by atoms with Gasteiger partial charge < -0.3 is 5.32 Å². The van der Waals surface area contributed by atoms with Crippen LogP contribution in [0.3, 0.4) is 0 Å². The number of halogens is 1. The third-order valence-corrected chi connectivity index (χ3v) is 3.70. The van der Waals surface area contributed by atoms with Crippen LogP contribution in [-0.2, 0) is 0 Å². The molecule has 14 heavy (non-hydrogen) atoms. The van der Waals surface area contributed by atoms with Crippen molar-refractivity contribution >= 4 is 39.8 Å². The highest BCUT2D eigenvalue weighted by atomic mass is 127. The maximum Gasteiger partial charge on any atom is 0.252 e. The Morgan fingerprint density at radius 1 is 1.64 bits per heavy atom. The fourth-order valence-corrected chi connectivity index (χ4v) is 2.90. The van der Waals surface area contributed by atoms with Crippen molar-refractivity contribution in [1.29, 1.82) is 0 Å². The predicted octanol–water partition coefficient (Wildman–Crippen LogP) is 2.94. The molecular formula is C10H14INOS. The number of nitrogens with one attached hydrogen (secondary N) is 1. The van der Waals surface area contributed by atoms with Crippen LogP contribution in [0.25, 0.3) is 0 Å². The van der Waals surface area contributed by atoms with Gasteiger partial charge in [-0.1, -0.05) is 36.4 Å². The molecule has 0 fully saturated rings. The van der Waals surface area contributed by atoms with Crippen molar-refractivity contribution in [3.63, 3.8) is 0 Å². The van der Waals surface area contributed by atoms with Crippen LogP contribution >= 0.6 is 33.9 Å². The Hall–Kier alpha value is -0.100. The first-order valence-electron chi connectivity index (χ1n) is 4.54. The Bertz CT molecular complexity index is 284. The van der Waals surface area contributed by atoms with Gasteiger partial charge >= 0.3 is 0 Å². The van der Waals surface area contributed by atoms with Gasteiger partial charge in [0.2, 0.25) is 0 Å². The molecule has 1 heterocycles. The van der Waals surface area contributed by atoms with E-state index in [1.807, 2.05) is 16.8 Å². The molecule has 1 amide bonds. The van der Waals surface area contributed by atoms with Crippen LogP contribution in [0.2, 0.25) is 0 Å². The van der Waals surface area contributed by atoms with Crippen molar-refractivity contribution in [1.82, 2.24) is 5.32 Å². The predicted molar refractivity (Wildman–Crippen MR) is 69.3 cm³/mol. The van der Waals surface area contributed by atoms with Crippen LogP contribution in [0, 0.1) is 5.92 Å². The molecule has 4 heteroatoms. The maximum absolute atomic E-state index is 11.7. The Morgan fingerprint density at radius 3 is 2.79 bits per heavy atom. The lowest BCUT2D eigenvalue weighted by atomic mass is 10.1. The summed E-state index contributed by atoms with van der Waals surface area (Å²) in [6.45, 7) is 4.24. The summed E-state index contributed by atoms with van der Waals surface area (Å²) in [4.78, 5) is 11.7. The van der Waals surface area contributed by atoms with Gasteiger partial charge in [0.15, 0.2) is 0 Å². The number of hydrogen-bond acceptors (Lipinski definition) is 2. The lowest BCUT2D eigenvalue weighted by Gasteiger charge is -2.19. The van der Waals surface area contributed by atoms with Crippen molar-refractivity contribution < 1.29 is 4.79 Å². The summed E-state index contributed by atoms with van der Waals surface area (Å²) in [7, 11) is 0. The van der Waals surface area contributed by atoms with E-state index in [0.29, 0.717) is 5.92 Å². The smallest absolute Gasteiger partial charge is 0.252 e. The number of amides is 1. The van der Waals surface area contributed by atoms with Gasteiger partial charge in [-0.3, -0.25) is 4.79 Å². The second-order valence-electron chi connectivity index (χ2n) is 3.49. The summed E-state index contributed by atoms with van der Waals surface area (Å²) in [6, 6.07) is 2.12. The quantitative estimate of drug-likeness (QED) is 0.670. The highest BCUT2D eigenvalue weighted by molar-refractivity contribution is 14.1. The number of rotatable bonds is 4. The summed E-state index contributed by atoms with van der Waals surface area (Å²) in [6.07, 6.45) is 0. The molecule has 1 atom stereocenters. The van der Waals surface area contributed by atoms with Crippen LogP contribution in [-0.4, -0.2) is 16.4 Å². The summed E-state index contributed by atoms with van der Waals surface area (Å²) in [5.74, 6) is 0.524. The van der Waals surface area contributed by atoms with E-state index in [4.69, 9.17) is 0 Å². The number of alkyl halides is 1. The molecule has 0 radical (unpaired) electrons. The molecule has 1 unspecified atom stereocenters. The minimum absolute atomic E-state index is 0.0432. The van der Waals surface area contributed by atoms with E-state index < -0.39 is 0 Å². The van der Waals surface area contributed by atoms with Crippen molar-refractivity contribution in [2.45, 2.75) is 19.9 Å². The monoisotopic (exact) mass is 323 g/mol. The number of carbonyl (C=O) groups excluding carboxylic acids is 1. The molecule has 1 aromatic rings. The summed E-state index contributed by atoms with van der Waals surface area (Å²) in [5.41, 5.74) is 0.769. The largest absolute Gasteiger partial charge is 0.348 e. The van der Waals surface area contributed by atoms with Gasteiger partial charge in [0.05, 0.1) is 0 Å². The lowest BCUT2D eigenvalue weighted by Crippen LogP contribution is -2.39. The Balaban J connectivity index is 2.56. The molecule has 2 nitrogen and oxygen atoms in total. The van der Waals surface area contributed by atoms with E-state index in [0.717, 1.165) is 9.99 Å². The van der Waals surface area contributed by atoms with Gasteiger partial charge in [-0.2, -0.15) is 11.3 Å². The molecule has 1 aromatic heterocycles. The molecule has 0 spiro atoms. The van der Waals surface area contributed by atoms with Crippen LogP contribution < -0.4 is 5.32 Å². The van der Waals surface area contributed by atoms with Gasteiger partial charge in [0.25, 0.3) is 5.91 Å². The van der Waals surface area contributed by atoms with E-state index in [2.05, 4.69) is 41.8 Å². The van der Waals surface area contributed by atoms with Crippen LogP contribution in [0.1, 0.15) is 24.2 Å².